The molecule has 6 nitrogen and oxygen atoms in total. The van der Waals surface area contributed by atoms with Gasteiger partial charge < -0.3 is 10.1 Å². The minimum Gasteiger partial charge on any atom is -0.484 e. The molecule has 1 aromatic carbocycles. The summed E-state index contributed by atoms with van der Waals surface area (Å²) < 4.78 is 31.6. The van der Waals surface area contributed by atoms with Crippen molar-refractivity contribution in [1.82, 2.24) is 10.0 Å². The molecule has 0 atom stereocenters. The highest BCUT2D eigenvalue weighted by molar-refractivity contribution is 7.89. The van der Waals surface area contributed by atoms with Gasteiger partial charge in [0.2, 0.25) is 10.0 Å². The lowest BCUT2D eigenvalue weighted by Gasteiger charge is -2.10. The normalized spacial score (nSPS) is 11.5. The highest BCUT2D eigenvalue weighted by atomic mass is 32.2. The number of ether oxygens (including phenoxy) is 1. The maximum Gasteiger partial charge on any atom is 0.257 e. The number of hydrogen-bond acceptors (Lipinski definition) is 4. The molecule has 1 rings (SSSR count). The molecule has 22 heavy (non-hydrogen) atoms. The lowest BCUT2D eigenvalue weighted by molar-refractivity contribution is -0.123. The Kier molecular flexibility index (Phi) is 7.34. The van der Waals surface area contributed by atoms with Gasteiger partial charge in [-0.05, 0) is 36.6 Å². The number of rotatable bonds is 9. The summed E-state index contributed by atoms with van der Waals surface area (Å²) in [6, 6.07) is 5.99. The fourth-order valence-corrected chi connectivity index (χ4v) is 2.69. The van der Waals surface area contributed by atoms with Crippen LogP contribution in [0, 0.1) is 5.92 Å². The Labute approximate surface area is 132 Å². The van der Waals surface area contributed by atoms with Crippen molar-refractivity contribution in [3.8, 4) is 5.75 Å². The number of amides is 1. The summed E-state index contributed by atoms with van der Waals surface area (Å²) >= 11 is 0. The molecule has 0 unspecified atom stereocenters. The van der Waals surface area contributed by atoms with Gasteiger partial charge >= 0.3 is 0 Å². The van der Waals surface area contributed by atoms with E-state index in [4.69, 9.17) is 4.74 Å². The minimum absolute atomic E-state index is 0.0904. The number of carbonyl (C=O) groups is 1. The zero-order valence-corrected chi connectivity index (χ0v) is 14.1. The van der Waals surface area contributed by atoms with Gasteiger partial charge in [0.1, 0.15) is 5.75 Å². The van der Waals surface area contributed by atoms with Crippen LogP contribution in [0.4, 0.5) is 0 Å². The van der Waals surface area contributed by atoms with Crippen LogP contribution in [0.25, 0.3) is 0 Å². The maximum absolute atomic E-state index is 11.9. The van der Waals surface area contributed by atoms with E-state index in [-0.39, 0.29) is 17.4 Å². The second kappa shape index (κ2) is 8.75. The molecule has 0 aliphatic rings. The molecule has 0 aromatic heterocycles. The van der Waals surface area contributed by atoms with Crippen molar-refractivity contribution >= 4 is 15.9 Å². The van der Waals surface area contributed by atoms with Crippen molar-refractivity contribution in [3.05, 3.63) is 24.3 Å². The Hall–Kier alpha value is -1.60. The van der Waals surface area contributed by atoms with E-state index >= 15 is 0 Å². The molecule has 0 saturated carbocycles. The van der Waals surface area contributed by atoms with Crippen LogP contribution in [-0.2, 0) is 14.8 Å². The summed E-state index contributed by atoms with van der Waals surface area (Å²) in [6.45, 7) is 6.82. The number of carbonyl (C=O) groups excluding carboxylic acids is 1. The van der Waals surface area contributed by atoms with Crippen molar-refractivity contribution in [2.75, 3.05) is 19.7 Å². The van der Waals surface area contributed by atoms with E-state index in [1.54, 1.807) is 0 Å². The first kappa shape index (κ1) is 18.4. The standard InChI is InChI=1S/C15H24N2O4S/c1-4-9-17-22(19,20)14-7-5-13(6-8-14)21-11-15(18)16-10-12(2)3/h5-8,12,17H,4,9-11H2,1-3H3,(H,16,18). The van der Waals surface area contributed by atoms with Gasteiger partial charge in [0, 0.05) is 13.1 Å². The van der Waals surface area contributed by atoms with E-state index in [1.165, 1.54) is 24.3 Å². The van der Waals surface area contributed by atoms with Gasteiger partial charge in [-0.25, -0.2) is 13.1 Å². The van der Waals surface area contributed by atoms with Crippen LogP contribution in [0.5, 0.6) is 5.75 Å². The highest BCUT2D eigenvalue weighted by Gasteiger charge is 2.13. The summed E-state index contributed by atoms with van der Waals surface area (Å²) in [5.41, 5.74) is 0. The molecule has 0 heterocycles. The molecule has 0 aliphatic heterocycles. The van der Waals surface area contributed by atoms with Crippen molar-refractivity contribution in [2.45, 2.75) is 32.1 Å². The summed E-state index contributed by atoms with van der Waals surface area (Å²) in [6.07, 6.45) is 0.728. The van der Waals surface area contributed by atoms with Crippen molar-refractivity contribution in [3.63, 3.8) is 0 Å². The quantitative estimate of drug-likeness (QED) is 0.720. The predicted octanol–water partition coefficient (Wildman–Crippen LogP) is 1.53. The van der Waals surface area contributed by atoms with Gasteiger partial charge in [-0.15, -0.1) is 0 Å². The SMILES string of the molecule is CCCNS(=O)(=O)c1ccc(OCC(=O)NCC(C)C)cc1. The summed E-state index contributed by atoms with van der Waals surface area (Å²) in [5.74, 6) is 0.633. The second-order valence-corrected chi connectivity index (χ2v) is 7.12. The molecule has 0 aliphatic carbocycles. The van der Waals surface area contributed by atoms with Gasteiger partial charge in [0.15, 0.2) is 6.61 Å². The number of benzene rings is 1. The lowest BCUT2D eigenvalue weighted by Crippen LogP contribution is -2.31. The highest BCUT2D eigenvalue weighted by Crippen LogP contribution is 2.15. The molecular weight excluding hydrogens is 304 g/mol. The van der Waals surface area contributed by atoms with Gasteiger partial charge in [-0.2, -0.15) is 0 Å². The van der Waals surface area contributed by atoms with Crippen LogP contribution in [0.15, 0.2) is 29.2 Å². The Morgan fingerprint density at radius 1 is 1.23 bits per heavy atom. The molecule has 0 bridgehead atoms. The first-order chi connectivity index (χ1) is 10.3. The largest absolute Gasteiger partial charge is 0.484 e. The summed E-state index contributed by atoms with van der Waals surface area (Å²) in [7, 11) is -3.47. The summed E-state index contributed by atoms with van der Waals surface area (Å²) in [5, 5.41) is 2.74. The monoisotopic (exact) mass is 328 g/mol. The molecule has 0 spiro atoms. The van der Waals surface area contributed by atoms with Gasteiger partial charge in [-0.1, -0.05) is 20.8 Å². The van der Waals surface area contributed by atoms with Crippen LogP contribution in [0.2, 0.25) is 0 Å². The predicted molar refractivity (Wildman–Crippen MR) is 85.3 cm³/mol. The van der Waals surface area contributed by atoms with E-state index in [1.807, 2.05) is 20.8 Å². The third-order valence-electron chi connectivity index (χ3n) is 2.75. The topological polar surface area (TPSA) is 84.5 Å². The molecule has 0 radical (unpaired) electrons. The molecule has 7 heteroatoms. The first-order valence-corrected chi connectivity index (χ1v) is 8.82. The molecule has 0 saturated heterocycles. The Bertz CT molecular complexity index is 568. The number of sulfonamides is 1. The van der Waals surface area contributed by atoms with Crippen LogP contribution in [0.3, 0.4) is 0 Å². The third kappa shape index (κ3) is 6.44. The van der Waals surface area contributed by atoms with Gasteiger partial charge in [0.05, 0.1) is 4.90 Å². The fourth-order valence-electron chi connectivity index (χ4n) is 1.55. The summed E-state index contributed by atoms with van der Waals surface area (Å²) in [4.78, 5) is 11.7. The van der Waals surface area contributed by atoms with Crippen molar-refractivity contribution < 1.29 is 17.9 Å². The zero-order valence-electron chi connectivity index (χ0n) is 13.3. The smallest absolute Gasteiger partial charge is 0.257 e. The third-order valence-corrected chi connectivity index (χ3v) is 4.23. The second-order valence-electron chi connectivity index (χ2n) is 5.36. The molecular formula is C15H24N2O4S. The van der Waals surface area contributed by atoms with Crippen LogP contribution < -0.4 is 14.8 Å². The van der Waals surface area contributed by atoms with Crippen molar-refractivity contribution in [1.29, 1.82) is 0 Å². The zero-order chi connectivity index (χ0) is 16.6. The van der Waals surface area contributed by atoms with E-state index in [0.29, 0.717) is 24.8 Å². The van der Waals surface area contributed by atoms with Crippen LogP contribution >= 0.6 is 0 Å². The van der Waals surface area contributed by atoms with E-state index in [0.717, 1.165) is 6.42 Å². The Morgan fingerprint density at radius 3 is 2.41 bits per heavy atom. The number of nitrogens with one attached hydrogen (secondary N) is 2. The fraction of sp³-hybridized carbons (Fsp3) is 0.533. The lowest BCUT2D eigenvalue weighted by atomic mass is 10.2. The van der Waals surface area contributed by atoms with Crippen LogP contribution in [-0.4, -0.2) is 34.0 Å². The maximum atomic E-state index is 11.9. The molecule has 1 aromatic rings. The van der Waals surface area contributed by atoms with E-state index in [9.17, 15) is 13.2 Å². The van der Waals surface area contributed by atoms with Gasteiger partial charge in [-0.3, -0.25) is 4.79 Å². The molecule has 2 N–H and O–H groups in total. The Balaban J connectivity index is 2.53. The number of hydrogen-bond donors (Lipinski definition) is 2. The minimum atomic E-state index is -3.47. The molecule has 1 amide bonds. The van der Waals surface area contributed by atoms with Crippen molar-refractivity contribution in [2.24, 2.45) is 5.92 Å². The van der Waals surface area contributed by atoms with Gasteiger partial charge in [0.25, 0.3) is 5.91 Å². The van der Waals surface area contributed by atoms with Crippen LogP contribution in [0.1, 0.15) is 27.2 Å². The van der Waals surface area contributed by atoms with E-state index in [2.05, 4.69) is 10.0 Å². The Morgan fingerprint density at radius 2 is 1.86 bits per heavy atom. The van der Waals surface area contributed by atoms with E-state index < -0.39 is 10.0 Å². The molecule has 124 valence electrons. The molecule has 0 fully saturated rings. The first-order valence-electron chi connectivity index (χ1n) is 7.34. The average Bonchev–Trinajstić information content (AvgIpc) is 2.49. The average molecular weight is 328 g/mol.